The van der Waals surface area contributed by atoms with Crippen molar-refractivity contribution in [2.75, 3.05) is 13.1 Å². The maximum Gasteiger partial charge on any atom is 0.490 e. The predicted molar refractivity (Wildman–Crippen MR) is 147 cm³/mol. The lowest BCUT2D eigenvalue weighted by molar-refractivity contribution is -0.193. The Balaban J connectivity index is 0.000000440. The van der Waals surface area contributed by atoms with Crippen LogP contribution in [0.3, 0.4) is 0 Å². The number of pyridine rings is 1. The maximum absolute atomic E-state index is 12.9. The van der Waals surface area contributed by atoms with Crippen molar-refractivity contribution in [3.8, 4) is 5.75 Å². The third-order valence-electron chi connectivity index (χ3n) is 6.27. The van der Waals surface area contributed by atoms with Crippen LogP contribution in [0.5, 0.6) is 5.75 Å². The molecule has 1 fully saturated rings. The molecule has 6 N–H and O–H groups in total. The van der Waals surface area contributed by atoms with Gasteiger partial charge in [0.15, 0.2) is 0 Å². The van der Waals surface area contributed by atoms with Gasteiger partial charge < -0.3 is 25.6 Å². The molecule has 0 radical (unpaired) electrons. The third kappa shape index (κ3) is 11.8. The number of nitrogens with one attached hydrogen (secondary N) is 3. The summed E-state index contributed by atoms with van der Waals surface area (Å²) >= 11 is 0. The highest BCUT2D eigenvalue weighted by molar-refractivity contribution is 5.95. The number of carboxylic acid groups (broad SMARTS) is 2. The van der Waals surface area contributed by atoms with Crippen LogP contribution in [0.1, 0.15) is 35.2 Å². The minimum atomic E-state index is -5.08. The number of carbonyl (C=O) groups excluding carboxylic acids is 2. The van der Waals surface area contributed by atoms with Crippen LogP contribution in [0.2, 0.25) is 0 Å². The molecule has 1 aromatic heterocycles. The summed E-state index contributed by atoms with van der Waals surface area (Å²) in [6, 6.07) is 16.8. The molecule has 2 amide bonds. The zero-order valence-electron chi connectivity index (χ0n) is 23.6. The van der Waals surface area contributed by atoms with Crippen LogP contribution in [0, 0.1) is 0 Å². The Bertz CT molecular complexity index is 1460. The van der Waals surface area contributed by atoms with Gasteiger partial charge in [0.05, 0.1) is 17.5 Å². The van der Waals surface area contributed by atoms with E-state index in [4.69, 9.17) is 29.7 Å². The van der Waals surface area contributed by atoms with Crippen LogP contribution in [-0.4, -0.2) is 75.1 Å². The van der Waals surface area contributed by atoms with Crippen LogP contribution < -0.4 is 20.9 Å². The number of amides is 2. The molecule has 1 saturated heterocycles. The second-order valence-electron chi connectivity index (χ2n) is 9.61. The minimum Gasteiger partial charge on any atom is -0.488 e. The summed E-state index contributed by atoms with van der Waals surface area (Å²) in [5, 5.41) is 30.4. The van der Waals surface area contributed by atoms with Crippen LogP contribution in [0.4, 0.5) is 26.3 Å². The molecule has 0 bridgehead atoms. The first-order valence-corrected chi connectivity index (χ1v) is 13.1. The highest BCUT2D eigenvalue weighted by Gasteiger charge is 2.39. The molecule has 0 aliphatic carbocycles. The summed E-state index contributed by atoms with van der Waals surface area (Å²) in [5.74, 6) is -5.51. The SMILES string of the molecule is O=C(CC1(NC(=O)c2ccc(COc3ccnc4ccccc34)cc2)CCNCC1)NO.O=C(O)C(F)(F)F.O=C(O)C(F)(F)F. The average molecular weight is 663 g/mol. The summed E-state index contributed by atoms with van der Waals surface area (Å²) in [6.45, 7) is 1.75. The monoisotopic (exact) mass is 662 g/mol. The van der Waals surface area contributed by atoms with Crippen molar-refractivity contribution < 1.29 is 65.7 Å². The fraction of sp³-hybridized carbons (Fsp3) is 0.321. The molecular formula is C28H28F6N4O8. The molecule has 250 valence electrons. The van der Waals surface area contributed by atoms with Gasteiger partial charge in [0.25, 0.3) is 5.91 Å². The first kappa shape index (κ1) is 37.2. The van der Waals surface area contributed by atoms with E-state index in [1.54, 1.807) is 23.8 Å². The fourth-order valence-corrected chi connectivity index (χ4v) is 4.02. The van der Waals surface area contributed by atoms with Gasteiger partial charge >= 0.3 is 24.3 Å². The largest absolute Gasteiger partial charge is 0.490 e. The topological polar surface area (TPSA) is 187 Å². The molecule has 0 saturated carbocycles. The second-order valence-corrected chi connectivity index (χ2v) is 9.61. The molecule has 2 heterocycles. The van der Waals surface area contributed by atoms with Gasteiger partial charge in [-0.25, -0.2) is 15.1 Å². The lowest BCUT2D eigenvalue weighted by Crippen LogP contribution is -2.56. The summed E-state index contributed by atoms with van der Waals surface area (Å²) in [7, 11) is 0. The summed E-state index contributed by atoms with van der Waals surface area (Å²) in [6.07, 6.45) is -7.20. The Hall–Kier alpha value is -4.97. The number of fused-ring (bicyclic) bond motifs is 1. The van der Waals surface area contributed by atoms with E-state index < -0.39 is 35.7 Å². The van der Waals surface area contributed by atoms with E-state index in [-0.39, 0.29) is 12.3 Å². The molecule has 0 unspecified atom stereocenters. The summed E-state index contributed by atoms with van der Waals surface area (Å²) < 4.78 is 69.5. The maximum atomic E-state index is 12.9. The number of para-hydroxylation sites is 1. The first-order valence-electron chi connectivity index (χ1n) is 13.1. The number of carbonyl (C=O) groups is 4. The fourth-order valence-electron chi connectivity index (χ4n) is 4.02. The number of aliphatic carboxylic acids is 2. The third-order valence-corrected chi connectivity index (χ3v) is 6.27. The van der Waals surface area contributed by atoms with Gasteiger partial charge in [0.1, 0.15) is 12.4 Å². The molecule has 1 aliphatic rings. The van der Waals surface area contributed by atoms with E-state index in [0.29, 0.717) is 38.1 Å². The smallest absolute Gasteiger partial charge is 0.488 e. The number of benzene rings is 2. The number of hydroxylamine groups is 1. The Morgan fingerprint density at radius 1 is 0.870 bits per heavy atom. The van der Waals surface area contributed by atoms with E-state index in [1.807, 2.05) is 42.5 Å². The zero-order chi connectivity index (χ0) is 34.5. The Morgan fingerprint density at radius 2 is 1.41 bits per heavy atom. The number of rotatable bonds is 7. The van der Waals surface area contributed by atoms with Crippen molar-refractivity contribution in [3.63, 3.8) is 0 Å². The normalized spacial score (nSPS) is 14.0. The average Bonchev–Trinajstić information content (AvgIpc) is 3.00. The molecule has 0 spiro atoms. The molecular weight excluding hydrogens is 634 g/mol. The quantitative estimate of drug-likeness (QED) is 0.123. The number of ether oxygens (including phenoxy) is 1. The Kier molecular flexibility index (Phi) is 13.2. The first-order chi connectivity index (χ1) is 21.5. The van der Waals surface area contributed by atoms with Gasteiger partial charge in [-0.1, -0.05) is 24.3 Å². The summed E-state index contributed by atoms with van der Waals surface area (Å²) in [4.78, 5) is 46.8. The van der Waals surface area contributed by atoms with E-state index in [2.05, 4.69) is 15.6 Å². The van der Waals surface area contributed by atoms with E-state index >= 15 is 0 Å². The zero-order valence-corrected chi connectivity index (χ0v) is 23.6. The number of halogens is 6. The van der Waals surface area contributed by atoms with Gasteiger partial charge in [0.2, 0.25) is 5.91 Å². The molecule has 46 heavy (non-hydrogen) atoms. The van der Waals surface area contributed by atoms with Gasteiger partial charge in [-0.2, -0.15) is 26.3 Å². The standard InChI is InChI=1S/C24H26N4O4.2C2HF3O2/c29-22(28-31)15-24(10-13-25-14-11-24)27-23(30)18-7-5-17(6-8-18)16-32-21-9-12-26-20-4-2-1-3-19(20)21;2*3-2(4,5)1(6)7/h1-9,12,25,31H,10-11,13-16H2,(H,27,30)(H,28,29);2*(H,6,7). The molecule has 4 rings (SSSR count). The molecule has 18 heteroatoms. The second kappa shape index (κ2) is 16.4. The van der Waals surface area contributed by atoms with E-state index in [0.717, 1.165) is 22.2 Å². The lowest BCUT2D eigenvalue weighted by atomic mass is 9.84. The highest BCUT2D eigenvalue weighted by Crippen LogP contribution is 2.25. The number of aromatic nitrogens is 1. The number of alkyl halides is 6. The Labute approximate surface area is 256 Å². The predicted octanol–water partition coefficient (Wildman–Crippen LogP) is 3.83. The van der Waals surface area contributed by atoms with Crippen LogP contribution in [0.25, 0.3) is 10.9 Å². The molecule has 3 aromatic rings. The van der Waals surface area contributed by atoms with E-state index in [1.165, 1.54) is 0 Å². The van der Waals surface area contributed by atoms with Crippen molar-refractivity contribution in [1.82, 2.24) is 21.1 Å². The van der Waals surface area contributed by atoms with Crippen LogP contribution in [-0.2, 0) is 21.0 Å². The molecule has 1 aliphatic heterocycles. The van der Waals surface area contributed by atoms with Crippen molar-refractivity contribution in [2.45, 2.75) is 43.8 Å². The van der Waals surface area contributed by atoms with Crippen molar-refractivity contribution >= 4 is 34.7 Å². The Morgan fingerprint density at radius 3 is 1.93 bits per heavy atom. The number of piperidine rings is 1. The summed E-state index contributed by atoms with van der Waals surface area (Å²) in [5.41, 5.74) is 3.29. The van der Waals surface area contributed by atoms with E-state index in [9.17, 15) is 35.9 Å². The molecule has 2 aromatic carbocycles. The van der Waals surface area contributed by atoms with Crippen molar-refractivity contribution in [3.05, 3.63) is 71.9 Å². The van der Waals surface area contributed by atoms with Gasteiger partial charge in [-0.15, -0.1) is 0 Å². The number of carboxylic acids is 2. The van der Waals surface area contributed by atoms with Gasteiger partial charge in [-0.05, 0) is 61.8 Å². The minimum absolute atomic E-state index is 0.0305. The molecule has 12 nitrogen and oxygen atoms in total. The van der Waals surface area contributed by atoms with Crippen molar-refractivity contribution in [1.29, 1.82) is 0 Å². The molecule has 0 atom stereocenters. The lowest BCUT2D eigenvalue weighted by Gasteiger charge is -2.37. The number of nitrogens with zero attached hydrogens (tertiary/aromatic N) is 1. The van der Waals surface area contributed by atoms with Crippen molar-refractivity contribution in [2.24, 2.45) is 0 Å². The van der Waals surface area contributed by atoms with Crippen LogP contribution >= 0.6 is 0 Å². The van der Waals surface area contributed by atoms with Gasteiger partial charge in [-0.3, -0.25) is 19.8 Å². The number of hydrogen-bond acceptors (Lipinski definition) is 8. The number of hydrogen-bond donors (Lipinski definition) is 6. The highest BCUT2D eigenvalue weighted by atomic mass is 19.4. The van der Waals surface area contributed by atoms with Crippen LogP contribution in [0.15, 0.2) is 60.8 Å². The van der Waals surface area contributed by atoms with Gasteiger partial charge in [0, 0.05) is 17.1 Å².